The minimum Gasteiger partial charge on any atom is -0.437 e. The molecule has 1 radical (unpaired) electrons. The first-order valence-electron chi connectivity index (χ1n) is 4.00. The summed E-state index contributed by atoms with van der Waals surface area (Å²) in [5.74, 6) is 0. The Morgan fingerprint density at radius 1 is 1.33 bits per heavy atom. The van der Waals surface area contributed by atoms with Crippen molar-refractivity contribution >= 4 is 27.9 Å². The van der Waals surface area contributed by atoms with Gasteiger partial charge in [0, 0.05) is 5.02 Å². The van der Waals surface area contributed by atoms with Crippen LogP contribution in [0.3, 0.4) is 0 Å². The quantitative estimate of drug-likeness (QED) is 0.810. The molecule has 0 heterocycles. The predicted octanol–water partition coefficient (Wildman–Crippen LogP) is 1.54. The van der Waals surface area contributed by atoms with E-state index in [4.69, 9.17) is 11.6 Å². The third-order valence-corrected chi connectivity index (χ3v) is 3.94. The summed E-state index contributed by atoms with van der Waals surface area (Å²) in [6.45, 7) is 2.36. The number of ether oxygens (including phenoxy) is 1. The maximum atomic E-state index is 11.7. The first kappa shape index (κ1) is 12.0. The number of benzene rings is 1. The highest BCUT2D eigenvalue weighted by Gasteiger charge is 2.24. The second kappa shape index (κ2) is 4.63. The molecule has 0 amide bonds. The molecule has 1 aromatic carbocycles. The van der Waals surface area contributed by atoms with Gasteiger partial charge in [0.15, 0.2) is 0 Å². The summed E-state index contributed by atoms with van der Waals surface area (Å²) >= 11 is 5.61. The topological polar surface area (TPSA) is 60.4 Å². The fraction of sp³-hybridized carbons (Fsp3) is 0.222. The Labute approximate surface area is 92.7 Å². The van der Waals surface area contributed by atoms with E-state index in [2.05, 4.69) is 4.74 Å². The van der Waals surface area contributed by atoms with Crippen LogP contribution in [0, 0.1) is 0 Å². The maximum Gasteiger partial charge on any atom is 0.418 e. The molecule has 0 aromatic heterocycles. The molecule has 4 nitrogen and oxygen atoms in total. The van der Waals surface area contributed by atoms with Crippen LogP contribution in [0.5, 0.6) is 0 Å². The summed E-state index contributed by atoms with van der Waals surface area (Å²) < 4.78 is 27.6. The minimum atomic E-state index is -3.66. The largest absolute Gasteiger partial charge is 0.437 e. The summed E-state index contributed by atoms with van der Waals surface area (Å²) in [6, 6.07) is 5.60. The van der Waals surface area contributed by atoms with Crippen molar-refractivity contribution in [3.05, 3.63) is 29.3 Å². The predicted molar refractivity (Wildman–Crippen MR) is 54.9 cm³/mol. The Balaban J connectivity index is 3.06. The number of hydrogen-bond acceptors (Lipinski definition) is 4. The normalized spacial score (nSPS) is 13.2. The molecule has 81 valence electrons. The van der Waals surface area contributed by atoms with Gasteiger partial charge >= 0.3 is 6.47 Å². The second-order valence-corrected chi connectivity index (χ2v) is 5.43. The van der Waals surface area contributed by atoms with Gasteiger partial charge in [-0.2, -0.15) is 0 Å². The fourth-order valence-corrected chi connectivity index (χ4v) is 2.14. The Morgan fingerprint density at radius 3 is 2.33 bits per heavy atom. The first-order chi connectivity index (χ1) is 6.98. The lowest BCUT2D eigenvalue weighted by atomic mass is 10.4. The number of rotatable bonds is 4. The summed E-state index contributed by atoms with van der Waals surface area (Å²) in [5, 5.41) is 0.435. The molecule has 1 rings (SSSR count). The lowest BCUT2D eigenvalue weighted by Crippen LogP contribution is -2.20. The summed E-state index contributed by atoms with van der Waals surface area (Å²) in [6.07, 6.45) is 0. The van der Waals surface area contributed by atoms with Crippen molar-refractivity contribution in [2.45, 2.75) is 17.3 Å². The molecule has 1 unspecified atom stereocenters. The average Bonchev–Trinajstić information content (AvgIpc) is 2.18. The summed E-state index contributed by atoms with van der Waals surface area (Å²) in [5.41, 5.74) is -1.25. The van der Waals surface area contributed by atoms with Crippen LogP contribution in [-0.2, 0) is 19.4 Å². The highest BCUT2D eigenvalue weighted by atomic mass is 35.5. The van der Waals surface area contributed by atoms with Gasteiger partial charge in [0.05, 0.1) is 4.90 Å². The molecule has 0 aliphatic rings. The fourth-order valence-electron chi connectivity index (χ4n) is 0.947. The van der Waals surface area contributed by atoms with Crippen molar-refractivity contribution in [1.29, 1.82) is 0 Å². The molecule has 6 heteroatoms. The zero-order valence-corrected chi connectivity index (χ0v) is 9.38. The minimum absolute atomic E-state index is 0.0506. The highest BCUT2D eigenvalue weighted by molar-refractivity contribution is 7.91. The van der Waals surface area contributed by atoms with Gasteiger partial charge in [0.2, 0.25) is 15.3 Å². The zero-order chi connectivity index (χ0) is 11.5. The number of carbonyl (C=O) groups excluding carboxylic acids is 1. The van der Waals surface area contributed by atoms with E-state index in [0.717, 1.165) is 6.47 Å². The molecule has 0 saturated heterocycles. The molecule has 1 atom stereocenters. The SMILES string of the molecule is CC(O[C]=O)S(=O)(=O)c1ccc(Cl)cc1. The Hall–Kier alpha value is -1.07. The number of halogens is 1. The van der Waals surface area contributed by atoms with Crippen LogP contribution >= 0.6 is 11.6 Å². The molecule has 0 aliphatic carbocycles. The standard InChI is InChI=1S/C9H8ClO4S/c1-7(14-6-11)15(12,13)9-4-2-8(10)3-5-9/h2-5,7H,1H3. The average molecular weight is 248 g/mol. The Morgan fingerprint density at radius 2 is 1.87 bits per heavy atom. The van der Waals surface area contributed by atoms with Gasteiger partial charge < -0.3 is 4.74 Å². The molecule has 0 aliphatic heterocycles. The van der Waals surface area contributed by atoms with E-state index >= 15 is 0 Å². The van der Waals surface area contributed by atoms with Gasteiger partial charge in [-0.1, -0.05) is 11.6 Å². The van der Waals surface area contributed by atoms with E-state index in [1.54, 1.807) is 0 Å². The van der Waals surface area contributed by atoms with E-state index in [1.165, 1.54) is 31.2 Å². The van der Waals surface area contributed by atoms with Crippen LogP contribution in [0.1, 0.15) is 6.92 Å². The molecule has 0 N–H and O–H groups in total. The monoisotopic (exact) mass is 247 g/mol. The van der Waals surface area contributed by atoms with Crippen molar-refractivity contribution in [1.82, 2.24) is 0 Å². The van der Waals surface area contributed by atoms with Crippen LogP contribution in [0.2, 0.25) is 5.02 Å². The van der Waals surface area contributed by atoms with Gasteiger partial charge in [-0.15, -0.1) is 0 Å². The molecule has 0 bridgehead atoms. The van der Waals surface area contributed by atoms with Crippen LogP contribution in [0.15, 0.2) is 29.2 Å². The summed E-state index contributed by atoms with van der Waals surface area (Å²) in [7, 11) is -3.66. The van der Waals surface area contributed by atoms with Crippen LogP contribution in [0.25, 0.3) is 0 Å². The molecule has 0 saturated carbocycles. The highest BCUT2D eigenvalue weighted by Crippen LogP contribution is 2.18. The van der Waals surface area contributed by atoms with Crippen molar-refractivity contribution < 1.29 is 17.9 Å². The third kappa shape index (κ3) is 2.70. The zero-order valence-electron chi connectivity index (χ0n) is 7.81. The van der Waals surface area contributed by atoms with Crippen LogP contribution in [-0.4, -0.2) is 20.3 Å². The van der Waals surface area contributed by atoms with Crippen molar-refractivity contribution in [2.24, 2.45) is 0 Å². The number of sulfone groups is 1. The Bertz CT molecular complexity index is 438. The van der Waals surface area contributed by atoms with E-state index in [9.17, 15) is 13.2 Å². The van der Waals surface area contributed by atoms with Crippen molar-refractivity contribution in [3.63, 3.8) is 0 Å². The molecule has 1 aromatic rings. The van der Waals surface area contributed by atoms with E-state index < -0.39 is 15.3 Å². The first-order valence-corrected chi connectivity index (χ1v) is 5.93. The van der Waals surface area contributed by atoms with Gasteiger partial charge in [-0.25, -0.2) is 13.2 Å². The maximum absolute atomic E-state index is 11.7. The van der Waals surface area contributed by atoms with Gasteiger partial charge in [-0.05, 0) is 31.2 Å². The van der Waals surface area contributed by atoms with E-state index in [-0.39, 0.29) is 4.90 Å². The molecule has 0 spiro atoms. The molecular weight excluding hydrogens is 240 g/mol. The van der Waals surface area contributed by atoms with E-state index in [1.807, 2.05) is 0 Å². The van der Waals surface area contributed by atoms with Gasteiger partial charge in [0.1, 0.15) is 0 Å². The molecule has 0 fully saturated rings. The second-order valence-electron chi connectivity index (χ2n) is 2.77. The lowest BCUT2D eigenvalue weighted by molar-refractivity contribution is 0.257. The number of hydrogen-bond donors (Lipinski definition) is 0. The Kier molecular flexibility index (Phi) is 3.71. The molecular formula is C9H8ClO4S. The third-order valence-electron chi connectivity index (χ3n) is 1.79. The van der Waals surface area contributed by atoms with Gasteiger partial charge in [-0.3, -0.25) is 0 Å². The van der Waals surface area contributed by atoms with Crippen LogP contribution in [0.4, 0.5) is 0 Å². The molecule has 15 heavy (non-hydrogen) atoms. The smallest absolute Gasteiger partial charge is 0.418 e. The van der Waals surface area contributed by atoms with Crippen LogP contribution < -0.4 is 0 Å². The van der Waals surface area contributed by atoms with Crippen molar-refractivity contribution in [2.75, 3.05) is 0 Å². The lowest BCUT2D eigenvalue weighted by Gasteiger charge is -2.10. The van der Waals surface area contributed by atoms with Gasteiger partial charge in [0.25, 0.3) is 0 Å². The van der Waals surface area contributed by atoms with Crippen molar-refractivity contribution in [3.8, 4) is 0 Å². The summed E-state index contributed by atoms with van der Waals surface area (Å²) in [4.78, 5) is 9.97. The van der Waals surface area contributed by atoms with E-state index in [0.29, 0.717) is 5.02 Å².